The predicted molar refractivity (Wildman–Crippen MR) is 51.4 cm³/mol. The van der Waals surface area contributed by atoms with Crippen molar-refractivity contribution in [3.05, 3.63) is 0 Å². The van der Waals surface area contributed by atoms with Crippen molar-refractivity contribution in [1.29, 1.82) is 0 Å². The molecular formula is C10H19NO2. The third-order valence-electron chi connectivity index (χ3n) is 3.06. The number of ether oxygens (including phenoxy) is 1. The molecule has 0 bridgehead atoms. The van der Waals surface area contributed by atoms with Crippen molar-refractivity contribution in [2.75, 3.05) is 27.2 Å². The zero-order chi connectivity index (χ0) is 10.1. The van der Waals surface area contributed by atoms with E-state index in [1.54, 1.807) is 0 Å². The Kier molecular flexibility index (Phi) is 2.96. The molecule has 0 spiro atoms. The summed E-state index contributed by atoms with van der Waals surface area (Å²) in [6.07, 6.45) is 1.06. The van der Waals surface area contributed by atoms with E-state index in [-0.39, 0.29) is 17.3 Å². The van der Waals surface area contributed by atoms with Crippen LogP contribution in [0.4, 0.5) is 0 Å². The van der Waals surface area contributed by atoms with E-state index in [1.165, 1.54) is 7.11 Å². The zero-order valence-electron chi connectivity index (χ0n) is 8.96. The van der Waals surface area contributed by atoms with Gasteiger partial charge >= 0.3 is 5.97 Å². The first-order chi connectivity index (χ1) is 5.97. The van der Waals surface area contributed by atoms with Gasteiger partial charge in [0.05, 0.1) is 13.0 Å². The van der Waals surface area contributed by atoms with E-state index >= 15 is 0 Å². The molecule has 3 heteroatoms. The first-order valence-electron chi connectivity index (χ1n) is 4.74. The number of piperidine rings is 1. The molecule has 3 nitrogen and oxygen atoms in total. The summed E-state index contributed by atoms with van der Waals surface area (Å²) < 4.78 is 4.81. The lowest BCUT2D eigenvalue weighted by molar-refractivity contribution is -0.152. The molecule has 0 N–H and O–H groups in total. The highest BCUT2D eigenvalue weighted by atomic mass is 16.5. The Labute approximate surface area is 80.1 Å². The summed E-state index contributed by atoms with van der Waals surface area (Å²) in [6.45, 7) is 6.17. The molecule has 1 aliphatic rings. The molecule has 1 heterocycles. The van der Waals surface area contributed by atoms with E-state index in [0.29, 0.717) is 0 Å². The van der Waals surface area contributed by atoms with Gasteiger partial charge in [-0.05, 0) is 25.4 Å². The van der Waals surface area contributed by atoms with E-state index in [1.807, 2.05) is 7.05 Å². The third-order valence-corrected chi connectivity index (χ3v) is 3.06. The van der Waals surface area contributed by atoms with Crippen LogP contribution in [0, 0.1) is 11.3 Å². The van der Waals surface area contributed by atoms with E-state index in [2.05, 4.69) is 18.7 Å². The quantitative estimate of drug-likeness (QED) is 0.574. The summed E-state index contributed by atoms with van der Waals surface area (Å²) in [6, 6.07) is 0. The third kappa shape index (κ3) is 2.21. The molecule has 0 aromatic heterocycles. The van der Waals surface area contributed by atoms with Crippen LogP contribution in [0.2, 0.25) is 0 Å². The van der Waals surface area contributed by atoms with Crippen LogP contribution < -0.4 is 0 Å². The summed E-state index contributed by atoms with van der Waals surface area (Å²) in [5.41, 5.74) is 0.0829. The molecule has 1 fully saturated rings. The molecule has 0 aliphatic carbocycles. The SMILES string of the molecule is COC(=O)C1CN(C)CCC1(C)C. The highest BCUT2D eigenvalue weighted by molar-refractivity contribution is 5.73. The average molecular weight is 185 g/mol. The molecule has 0 aromatic rings. The van der Waals surface area contributed by atoms with Crippen LogP contribution in [0.25, 0.3) is 0 Å². The van der Waals surface area contributed by atoms with Crippen LogP contribution in [0.1, 0.15) is 20.3 Å². The summed E-state index contributed by atoms with van der Waals surface area (Å²) in [4.78, 5) is 13.7. The normalized spacial score (nSPS) is 28.5. The van der Waals surface area contributed by atoms with Crippen LogP contribution in [0.5, 0.6) is 0 Å². The van der Waals surface area contributed by atoms with Crippen molar-refractivity contribution >= 4 is 5.97 Å². The number of carbonyl (C=O) groups is 1. The van der Waals surface area contributed by atoms with Gasteiger partial charge < -0.3 is 9.64 Å². The molecule has 0 amide bonds. The highest BCUT2D eigenvalue weighted by Crippen LogP contribution is 2.35. The number of rotatable bonds is 1. The summed E-state index contributed by atoms with van der Waals surface area (Å²) in [5, 5.41) is 0. The maximum atomic E-state index is 11.5. The predicted octanol–water partition coefficient (Wildman–Crippen LogP) is 1.14. The van der Waals surface area contributed by atoms with Gasteiger partial charge in [0, 0.05) is 6.54 Å². The van der Waals surface area contributed by atoms with Crippen molar-refractivity contribution in [2.24, 2.45) is 11.3 Å². The smallest absolute Gasteiger partial charge is 0.310 e. The standard InChI is InChI=1S/C10H19NO2/c1-10(2)5-6-11(3)7-8(10)9(12)13-4/h8H,5-7H2,1-4H3. The Hall–Kier alpha value is -0.570. The average Bonchev–Trinajstić information content (AvgIpc) is 2.08. The molecule has 0 radical (unpaired) electrons. The van der Waals surface area contributed by atoms with Crippen LogP contribution in [0.15, 0.2) is 0 Å². The molecule has 1 atom stereocenters. The Balaban J connectivity index is 2.72. The number of esters is 1. The van der Waals surface area contributed by atoms with Gasteiger partial charge in [-0.25, -0.2) is 0 Å². The second kappa shape index (κ2) is 3.66. The van der Waals surface area contributed by atoms with Crippen molar-refractivity contribution < 1.29 is 9.53 Å². The van der Waals surface area contributed by atoms with Gasteiger partial charge in [0.2, 0.25) is 0 Å². The number of hydrogen-bond donors (Lipinski definition) is 0. The van der Waals surface area contributed by atoms with Crippen LogP contribution in [-0.2, 0) is 9.53 Å². The molecule has 13 heavy (non-hydrogen) atoms. The minimum Gasteiger partial charge on any atom is -0.469 e. The fourth-order valence-electron chi connectivity index (χ4n) is 1.84. The maximum absolute atomic E-state index is 11.5. The first-order valence-corrected chi connectivity index (χ1v) is 4.74. The lowest BCUT2D eigenvalue weighted by Gasteiger charge is -2.40. The molecule has 1 rings (SSSR count). The second-order valence-electron chi connectivity index (χ2n) is 4.58. The summed E-state index contributed by atoms with van der Waals surface area (Å²) >= 11 is 0. The monoisotopic (exact) mass is 185 g/mol. The van der Waals surface area contributed by atoms with E-state index < -0.39 is 0 Å². The number of hydrogen-bond acceptors (Lipinski definition) is 3. The van der Waals surface area contributed by atoms with Gasteiger partial charge in [-0.2, -0.15) is 0 Å². The number of carbonyl (C=O) groups excluding carboxylic acids is 1. The molecule has 0 aromatic carbocycles. The molecule has 1 saturated heterocycles. The Morgan fingerprint density at radius 2 is 2.15 bits per heavy atom. The lowest BCUT2D eigenvalue weighted by atomic mass is 9.73. The maximum Gasteiger partial charge on any atom is 0.310 e. The number of likely N-dealkylation sites (tertiary alicyclic amines) is 1. The van der Waals surface area contributed by atoms with Gasteiger partial charge in [0.15, 0.2) is 0 Å². The highest BCUT2D eigenvalue weighted by Gasteiger charge is 2.39. The second-order valence-corrected chi connectivity index (χ2v) is 4.58. The van der Waals surface area contributed by atoms with Gasteiger partial charge in [-0.15, -0.1) is 0 Å². The van der Waals surface area contributed by atoms with Crippen molar-refractivity contribution in [2.45, 2.75) is 20.3 Å². The Morgan fingerprint density at radius 3 is 2.69 bits per heavy atom. The van der Waals surface area contributed by atoms with Crippen LogP contribution in [0.3, 0.4) is 0 Å². The summed E-state index contributed by atoms with van der Waals surface area (Å²) in [7, 11) is 3.51. The molecular weight excluding hydrogens is 166 g/mol. The molecule has 1 aliphatic heterocycles. The molecule has 0 saturated carbocycles. The minimum atomic E-state index is -0.0726. The number of nitrogens with zero attached hydrogens (tertiary/aromatic N) is 1. The first kappa shape index (κ1) is 10.5. The molecule has 76 valence electrons. The molecule has 1 unspecified atom stereocenters. The van der Waals surface area contributed by atoms with Gasteiger partial charge in [-0.3, -0.25) is 4.79 Å². The van der Waals surface area contributed by atoms with E-state index in [9.17, 15) is 4.79 Å². The lowest BCUT2D eigenvalue weighted by Crippen LogP contribution is -2.46. The Bertz CT molecular complexity index is 201. The van der Waals surface area contributed by atoms with Gasteiger partial charge in [0.25, 0.3) is 0 Å². The minimum absolute atomic E-state index is 0.0243. The topological polar surface area (TPSA) is 29.5 Å². The van der Waals surface area contributed by atoms with Crippen molar-refractivity contribution in [1.82, 2.24) is 4.90 Å². The number of methoxy groups -OCH3 is 1. The van der Waals surface area contributed by atoms with Gasteiger partial charge in [-0.1, -0.05) is 13.8 Å². The fourth-order valence-corrected chi connectivity index (χ4v) is 1.84. The fraction of sp³-hybridized carbons (Fsp3) is 0.900. The van der Waals surface area contributed by atoms with E-state index in [0.717, 1.165) is 19.5 Å². The van der Waals surface area contributed by atoms with Crippen LogP contribution >= 0.6 is 0 Å². The Morgan fingerprint density at radius 1 is 1.54 bits per heavy atom. The van der Waals surface area contributed by atoms with Gasteiger partial charge in [0.1, 0.15) is 0 Å². The largest absolute Gasteiger partial charge is 0.469 e. The van der Waals surface area contributed by atoms with Crippen molar-refractivity contribution in [3.8, 4) is 0 Å². The van der Waals surface area contributed by atoms with E-state index in [4.69, 9.17) is 4.74 Å². The zero-order valence-corrected chi connectivity index (χ0v) is 8.96. The van der Waals surface area contributed by atoms with Crippen LogP contribution in [-0.4, -0.2) is 38.1 Å². The van der Waals surface area contributed by atoms with Crippen molar-refractivity contribution in [3.63, 3.8) is 0 Å². The summed E-state index contributed by atoms with van der Waals surface area (Å²) in [5.74, 6) is -0.0483.